The van der Waals surface area contributed by atoms with Gasteiger partial charge in [-0.3, -0.25) is 9.59 Å². The molecule has 0 bridgehead atoms. The number of rotatable bonds is 0. The Kier molecular flexibility index (Phi) is 0.948. The third-order valence-corrected chi connectivity index (χ3v) is 0.822. The number of carbonyl (C=O) groups excluding carboxylic acids is 2. The molecule has 1 unspecified atom stereocenters. The molecule has 0 aromatic heterocycles. The second-order valence-electron chi connectivity index (χ2n) is 1.40. The van der Waals surface area contributed by atoms with Crippen LogP contribution in [0, 0.1) is 0 Å². The molecule has 1 aliphatic heterocycles. The second-order valence-corrected chi connectivity index (χ2v) is 1.40. The summed E-state index contributed by atoms with van der Waals surface area (Å²) in [6.45, 7) is 0. The van der Waals surface area contributed by atoms with Crippen LogP contribution in [0.2, 0.25) is 0 Å². The maximum absolute atomic E-state index is 10.2. The van der Waals surface area contributed by atoms with E-state index < -0.39 is 17.8 Å². The number of hydrogen-bond donors (Lipinski definition) is 1. The molecule has 0 fully saturated rings. The van der Waals surface area contributed by atoms with Gasteiger partial charge >= 0.3 is 0 Å². The van der Waals surface area contributed by atoms with E-state index in [4.69, 9.17) is 5.11 Å². The number of carbonyl (C=O) groups is 2. The molecule has 1 N–H and O–H groups in total. The molecule has 0 aromatic carbocycles. The van der Waals surface area contributed by atoms with Gasteiger partial charge in [-0.1, -0.05) is 0 Å². The SMILES string of the molecule is O=C1C=NC(=O)C1O. The molecule has 1 aliphatic rings. The van der Waals surface area contributed by atoms with Crippen molar-refractivity contribution in [2.75, 3.05) is 0 Å². The Morgan fingerprint density at radius 1 is 1.62 bits per heavy atom. The molecule has 8 heavy (non-hydrogen) atoms. The van der Waals surface area contributed by atoms with Crippen LogP contribution in [-0.4, -0.2) is 29.1 Å². The summed E-state index contributed by atoms with van der Waals surface area (Å²) in [4.78, 5) is 23.3. The molecule has 4 heteroatoms. The smallest absolute Gasteiger partial charge is 0.282 e. The Morgan fingerprint density at radius 3 is 2.38 bits per heavy atom. The van der Waals surface area contributed by atoms with Crippen molar-refractivity contribution in [1.82, 2.24) is 0 Å². The topological polar surface area (TPSA) is 66.7 Å². The second kappa shape index (κ2) is 1.48. The normalized spacial score (nSPS) is 27.4. The number of hydrogen-bond acceptors (Lipinski definition) is 3. The highest BCUT2D eigenvalue weighted by Crippen LogP contribution is 1.94. The van der Waals surface area contributed by atoms with E-state index in [1.165, 1.54) is 0 Å². The molecule has 0 aliphatic carbocycles. The van der Waals surface area contributed by atoms with E-state index in [1.807, 2.05) is 0 Å². The van der Waals surface area contributed by atoms with Gasteiger partial charge in [0, 0.05) is 0 Å². The van der Waals surface area contributed by atoms with Crippen LogP contribution in [0.4, 0.5) is 0 Å². The van der Waals surface area contributed by atoms with Gasteiger partial charge in [0.05, 0.1) is 6.21 Å². The van der Waals surface area contributed by atoms with E-state index in [9.17, 15) is 9.59 Å². The fourth-order valence-electron chi connectivity index (χ4n) is 0.390. The summed E-state index contributed by atoms with van der Waals surface area (Å²) < 4.78 is 0. The van der Waals surface area contributed by atoms with E-state index in [1.54, 1.807) is 0 Å². The molecule has 0 radical (unpaired) electrons. The molecule has 1 heterocycles. The lowest BCUT2D eigenvalue weighted by molar-refractivity contribution is -0.131. The molecule has 4 nitrogen and oxygen atoms in total. The lowest BCUT2D eigenvalue weighted by atomic mass is 10.3. The Labute approximate surface area is 44.8 Å². The van der Waals surface area contributed by atoms with Gasteiger partial charge in [0.2, 0.25) is 5.78 Å². The zero-order valence-electron chi connectivity index (χ0n) is 3.87. The minimum atomic E-state index is -1.52. The van der Waals surface area contributed by atoms with E-state index in [0.29, 0.717) is 0 Å². The highest BCUT2D eigenvalue weighted by Gasteiger charge is 2.26. The summed E-state index contributed by atoms with van der Waals surface area (Å²) in [6, 6.07) is 0. The summed E-state index contributed by atoms with van der Waals surface area (Å²) >= 11 is 0. The average molecular weight is 113 g/mol. The number of aliphatic hydroxyl groups excluding tert-OH is 1. The summed E-state index contributed by atoms with van der Waals surface area (Å²) in [5.74, 6) is -1.40. The van der Waals surface area contributed by atoms with Gasteiger partial charge in [0.15, 0.2) is 6.10 Å². The quantitative estimate of drug-likeness (QED) is 0.390. The van der Waals surface area contributed by atoms with E-state index in [0.717, 1.165) is 6.21 Å². The Hall–Kier alpha value is -1.03. The Morgan fingerprint density at radius 2 is 2.25 bits per heavy atom. The number of nitrogens with zero attached hydrogens (tertiary/aromatic N) is 1. The summed E-state index contributed by atoms with van der Waals surface area (Å²) in [7, 11) is 0. The number of Topliss-reactive ketones (excluding diaryl/α,β-unsaturated/α-hetero) is 1. The lowest BCUT2D eigenvalue weighted by Crippen LogP contribution is -2.22. The standard InChI is InChI=1S/C4H3NO3/c6-2-1-5-4(8)3(2)7/h1,3,7H. The van der Waals surface area contributed by atoms with Gasteiger partial charge < -0.3 is 5.11 Å². The largest absolute Gasteiger partial charge is 0.376 e. The van der Waals surface area contributed by atoms with Crippen molar-refractivity contribution in [2.24, 2.45) is 4.99 Å². The first-order valence-electron chi connectivity index (χ1n) is 2.01. The van der Waals surface area contributed by atoms with Crippen molar-refractivity contribution in [3.8, 4) is 0 Å². The fourth-order valence-corrected chi connectivity index (χ4v) is 0.390. The summed E-state index contributed by atoms with van der Waals surface area (Å²) in [6.07, 6.45) is -0.692. The third kappa shape index (κ3) is 0.547. The monoisotopic (exact) mass is 113 g/mol. The first kappa shape index (κ1) is 5.11. The molecule has 1 rings (SSSR count). The van der Waals surface area contributed by atoms with Crippen LogP contribution in [0.5, 0.6) is 0 Å². The van der Waals surface area contributed by atoms with Crippen molar-refractivity contribution in [1.29, 1.82) is 0 Å². The third-order valence-electron chi connectivity index (χ3n) is 0.822. The molecular weight excluding hydrogens is 110 g/mol. The Balaban J connectivity index is 2.84. The van der Waals surface area contributed by atoms with Crippen LogP contribution >= 0.6 is 0 Å². The van der Waals surface area contributed by atoms with Gasteiger partial charge in [-0.15, -0.1) is 0 Å². The van der Waals surface area contributed by atoms with Gasteiger partial charge in [-0.05, 0) is 0 Å². The predicted octanol–water partition coefficient (Wildman–Crippen LogP) is -1.47. The molecule has 0 saturated carbocycles. The van der Waals surface area contributed by atoms with Crippen molar-refractivity contribution in [3.05, 3.63) is 0 Å². The number of aliphatic imine (C=N–C) groups is 1. The lowest BCUT2D eigenvalue weighted by Gasteiger charge is -1.88. The van der Waals surface area contributed by atoms with Crippen molar-refractivity contribution in [3.63, 3.8) is 0 Å². The van der Waals surface area contributed by atoms with Crippen LogP contribution in [-0.2, 0) is 9.59 Å². The van der Waals surface area contributed by atoms with Crippen molar-refractivity contribution in [2.45, 2.75) is 6.10 Å². The zero-order chi connectivity index (χ0) is 6.15. The zero-order valence-corrected chi connectivity index (χ0v) is 3.87. The first-order valence-corrected chi connectivity index (χ1v) is 2.01. The molecule has 0 aromatic rings. The maximum Gasteiger partial charge on any atom is 0.282 e. The number of amides is 1. The molecule has 1 amide bonds. The number of ketones is 1. The maximum atomic E-state index is 10.2. The van der Waals surface area contributed by atoms with Gasteiger partial charge in [-0.25, -0.2) is 4.99 Å². The highest BCUT2D eigenvalue weighted by molar-refractivity contribution is 6.40. The van der Waals surface area contributed by atoms with E-state index in [2.05, 4.69) is 4.99 Å². The van der Waals surface area contributed by atoms with Gasteiger partial charge in [0.1, 0.15) is 0 Å². The molecule has 1 atom stereocenters. The van der Waals surface area contributed by atoms with E-state index in [-0.39, 0.29) is 0 Å². The minimum absolute atomic E-state index is 0.630. The summed E-state index contributed by atoms with van der Waals surface area (Å²) in [5, 5.41) is 8.44. The van der Waals surface area contributed by atoms with E-state index >= 15 is 0 Å². The van der Waals surface area contributed by atoms with Crippen LogP contribution < -0.4 is 0 Å². The van der Waals surface area contributed by atoms with Crippen LogP contribution in [0.3, 0.4) is 0 Å². The van der Waals surface area contributed by atoms with Gasteiger partial charge in [0.25, 0.3) is 5.91 Å². The minimum Gasteiger partial charge on any atom is -0.376 e. The predicted molar refractivity (Wildman–Crippen MR) is 24.5 cm³/mol. The molecule has 0 spiro atoms. The molecular formula is C4H3NO3. The highest BCUT2D eigenvalue weighted by atomic mass is 16.3. The van der Waals surface area contributed by atoms with Crippen molar-refractivity contribution >= 4 is 17.9 Å². The van der Waals surface area contributed by atoms with Crippen molar-refractivity contribution < 1.29 is 14.7 Å². The number of aliphatic hydroxyl groups is 1. The van der Waals surface area contributed by atoms with Crippen LogP contribution in [0.15, 0.2) is 4.99 Å². The first-order chi connectivity index (χ1) is 3.72. The van der Waals surface area contributed by atoms with Gasteiger partial charge in [-0.2, -0.15) is 0 Å². The van der Waals surface area contributed by atoms with Crippen LogP contribution in [0.25, 0.3) is 0 Å². The molecule has 42 valence electrons. The molecule has 0 saturated heterocycles. The average Bonchev–Trinajstić information content (AvgIpc) is 1.98. The Bertz CT molecular complexity index is 154. The fraction of sp³-hybridized carbons (Fsp3) is 0.250. The summed E-state index contributed by atoms with van der Waals surface area (Å²) in [5.41, 5.74) is 0. The van der Waals surface area contributed by atoms with Crippen LogP contribution in [0.1, 0.15) is 0 Å².